The van der Waals surface area contributed by atoms with Gasteiger partial charge in [0.2, 0.25) is 5.91 Å². The van der Waals surface area contributed by atoms with E-state index in [0.29, 0.717) is 5.91 Å². The number of rotatable bonds is 1. The summed E-state index contributed by atoms with van der Waals surface area (Å²) in [4.78, 5) is 14.9. The number of amides is 1. The molecule has 1 aliphatic heterocycles. The van der Waals surface area contributed by atoms with Crippen LogP contribution < -0.4 is 5.32 Å². The molecule has 0 aromatic heterocycles. The summed E-state index contributed by atoms with van der Waals surface area (Å²) in [6, 6.07) is 0. The zero-order valence-corrected chi connectivity index (χ0v) is 11.5. The molecule has 0 spiro atoms. The molecule has 1 saturated carbocycles. The van der Waals surface area contributed by atoms with Gasteiger partial charge in [0.15, 0.2) is 0 Å². The monoisotopic (exact) mass is 238 g/mol. The maximum absolute atomic E-state index is 12.8. The molecule has 2 aliphatic rings. The first-order valence-corrected chi connectivity index (χ1v) is 6.99. The van der Waals surface area contributed by atoms with E-state index in [4.69, 9.17) is 0 Å². The van der Waals surface area contributed by atoms with Crippen LogP contribution >= 0.6 is 0 Å². The van der Waals surface area contributed by atoms with E-state index < -0.39 is 0 Å². The minimum atomic E-state index is -0.0904. The van der Waals surface area contributed by atoms with Crippen molar-refractivity contribution < 1.29 is 4.79 Å². The minimum absolute atomic E-state index is 0.0320. The van der Waals surface area contributed by atoms with Crippen LogP contribution in [0.15, 0.2) is 0 Å². The minimum Gasteiger partial charge on any atom is -0.335 e. The van der Waals surface area contributed by atoms with Crippen molar-refractivity contribution in [2.45, 2.75) is 58.4 Å². The molecule has 1 N–H and O–H groups in total. The molecule has 0 bridgehead atoms. The van der Waals surface area contributed by atoms with Crippen molar-refractivity contribution in [3.05, 3.63) is 0 Å². The lowest BCUT2D eigenvalue weighted by Gasteiger charge is -2.47. The second-order valence-corrected chi connectivity index (χ2v) is 6.57. The molecule has 3 heteroatoms. The topological polar surface area (TPSA) is 32.3 Å². The number of hydrogen-bond acceptors (Lipinski definition) is 2. The van der Waals surface area contributed by atoms with Gasteiger partial charge in [-0.15, -0.1) is 0 Å². The molecule has 1 aliphatic carbocycles. The SMILES string of the molecule is CC1(C(=O)N2CCNCC2(C)C)CCCCC1. The fourth-order valence-corrected chi connectivity index (χ4v) is 3.23. The van der Waals surface area contributed by atoms with Crippen LogP contribution in [0, 0.1) is 5.41 Å². The van der Waals surface area contributed by atoms with Crippen LogP contribution in [0.3, 0.4) is 0 Å². The summed E-state index contributed by atoms with van der Waals surface area (Å²) in [5, 5.41) is 3.38. The molecule has 2 fully saturated rings. The van der Waals surface area contributed by atoms with Gasteiger partial charge in [-0.2, -0.15) is 0 Å². The zero-order chi connectivity index (χ0) is 12.5. The lowest BCUT2D eigenvalue weighted by molar-refractivity contribution is -0.150. The Bertz CT molecular complexity index is 293. The van der Waals surface area contributed by atoms with Gasteiger partial charge in [-0.1, -0.05) is 26.2 Å². The van der Waals surface area contributed by atoms with E-state index in [1.54, 1.807) is 0 Å². The molecule has 17 heavy (non-hydrogen) atoms. The lowest BCUT2D eigenvalue weighted by Crippen LogP contribution is -2.62. The maximum Gasteiger partial charge on any atom is 0.229 e. The summed E-state index contributed by atoms with van der Waals surface area (Å²) < 4.78 is 0. The van der Waals surface area contributed by atoms with Crippen LogP contribution in [0.25, 0.3) is 0 Å². The highest BCUT2D eigenvalue weighted by atomic mass is 16.2. The first-order valence-electron chi connectivity index (χ1n) is 6.99. The molecule has 1 saturated heterocycles. The van der Waals surface area contributed by atoms with E-state index in [-0.39, 0.29) is 11.0 Å². The number of nitrogens with one attached hydrogen (secondary N) is 1. The van der Waals surface area contributed by atoms with Crippen LogP contribution in [0.4, 0.5) is 0 Å². The zero-order valence-electron chi connectivity index (χ0n) is 11.5. The Morgan fingerprint density at radius 1 is 1.12 bits per heavy atom. The van der Waals surface area contributed by atoms with Crippen LogP contribution in [0.2, 0.25) is 0 Å². The highest BCUT2D eigenvalue weighted by Gasteiger charge is 2.43. The summed E-state index contributed by atoms with van der Waals surface area (Å²) in [5.41, 5.74) is -0.122. The average molecular weight is 238 g/mol. The van der Waals surface area contributed by atoms with Gasteiger partial charge in [-0.05, 0) is 26.7 Å². The van der Waals surface area contributed by atoms with Gasteiger partial charge < -0.3 is 10.2 Å². The van der Waals surface area contributed by atoms with E-state index in [0.717, 1.165) is 32.5 Å². The Balaban J connectivity index is 2.12. The van der Waals surface area contributed by atoms with Crippen molar-refractivity contribution in [2.75, 3.05) is 19.6 Å². The van der Waals surface area contributed by atoms with Crippen molar-refractivity contribution >= 4 is 5.91 Å². The van der Waals surface area contributed by atoms with Crippen LogP contribution in [-0.4, -0.2) is 36.0 Å². The highest BCUT2D eigenvalue weighted by Crippen LogP contribution is 2.39. The molecular weight excluding hydrogens is 212 g/mol. The first kappa shape index (κ1) is 12.9. The number of carbonyl (C=O) groups is 1. The fraction of sp³-hybridized carbons (Fsp3) is 0.929. The smallest absolute Gasteiger partial charge is 0.229 e. The first-order chi connectivity index (χ1) is 7.96. The van der Waals surface area contributed by atoms with Crippen molar-refractivity contribution in [3.8, 4) is 0 Å². The van der Waals surface area contributed by atoms with Gasteiger partial charge in [-0.3, -0.25) is 4.79 Å². The van der Waals surface area contributed by atoms with Gasteiger partial charge in [0.1, 0.15) is 0 Å². The van der Waals surface area contributed by atoms with Crippen molar-refractivity contribution in [2.24, 2.45) is 5.41 Å². The molecule has 2 rings (SSSR count). The van der Waals surface area contributed by atoms with Crippen LogP contribution in [-0.2, 0) is 4.79 Å². The molecular formula is C14H26N2O. The van der Waals surface area contributed by atoms with Crippen molar-refractivity contribution in [1.82, 2.24) is 10.2 Å². The highest BCUT2D eigenvalue weighted by molar-refractivity contribution is 5.83. The number of hydrogen-bond donors (Lipinski definition) is 1. The second kappa shape index (κ2) is 4.60. The third kappa shape index (κ3) is 2.49. The molecule has 1 heterocycles. The molecule has 0 radical (unpaired) electrons. The van der Waals surface area contributed by atoms with E-state index in [9.17, 15) is 4.79 Å². The van der Waals surface area contributed by atoms with E-state index >= 15 is 0 Å². The number of piperazine rings is 1. The van der Waals surface area contributed by atoms with Crippen LogP contribution in [0.1, 0.15) is 52.9 Å². The third-order valence-electron chi connectivity index (χ3n) is 4.52. The molecule has 3 nitrogen and oxygen atoms in total. The maximum atomic E-state index is 12.8. The summed E-state index contributed by atoms with van der Waals surface area (Å²) in [5.74, 6) is 0.392. The summed E-state index contributed by atoms with van der Waals surface area (Å²) in [6.07, 6.45) is 5.88. The standard InChI is InChI=1S/C14H26N2O/c1-13(2)11-15-9-10-16(13)12(17)14(3)7-5-4-6-8-14/h15H,4-11H2,1-3H3. The van der Waals surface area contributed by atoms with Crippen molar-refractivity contribution in [3.63, 3.8) is 0 Å². The second-order valence-electron chi connectivity index (χ2n) is 6.57. The summed E-state index contributed by atoms with van der Waals surface area (Å²) >= 11 is 0. The average Bonchev–Trinajstić information content (AvgIpc) is 2.28. The van der Waals surface area contributed by atoms with E-state index in [1.165, 1.54) is 19.3 Å². The number of carbonyl (C=O) groups excluding carboxylic acids is 1. The van der Waals surface area contributed by atoms with Gasteiger partial charge in [-0.25, -0.2) is 0 Å². The molecule has 98 valence electrons. The quantitative estimate of drug-likeness (QED) is 0.759. The molecule has 0 atom stereocenters. The Morgan fingerprint density at radius 2 is 1.76 bits per heavy atom. The summed E-state index contributed by atoms with van der Waals surface area (Å²) in [7, 11) is 0. The van der Waals surface area contributed by atoms with E-state index in [2.05, 4.69) is 31.0 Å². The Labute approximate surface area is 105 Å². The lowest BCUT2D eigenvalue weighted by atomic mass is 9.74. The normalized spacial score (nSPS) is 27.8. The third-order valence-corrected chi connectivity index (χ3v) is 4.52. The molecule has 0 unspecified atom stereocenters. The van der Waals surface area contributed by atoms with Crippen molar-refractivity contribution in [1.29, 1.82) is 0 Å². The van der Waals surface area contributed by atoms with Gasteiger partial charge >= 0.3 is 0 Å². The van der Waals surface area contributed by atoms with Gasteiger partial charge in [0.25, 0.3) is 0 Å². The molecule has 1 amide bonds. The van der Waals surface area contributed by atoms with E-state index in [1.807, 2.05) is 0 Å². The molecule has 0 aromatic carbocycles. The molecule has 0 aromatic rings. The Kier molecular flexibility index (Phi) is 3.48. The van der Waals surface area contributed by atoms with Gasteiger partial charge in [0.05, 0.1) is 0 Å². The summed E-state index contributed by atoms with van der Waals surface area (Å²) in [6.45, 7) is 9.22. The largest absolute Gasteiger partial charge is 0.335 e. The van der Waals surface area contributed by atoms with Crippen LogP contribution in [0.5, 0.6) is 0 Å². The fourth-order valence-electron chi connectivity index (χ4n) is 3.23. The Morgan fingerprint density at radius 3 is 2.35 bits per heavy atom. The Hall–Kier alpha value is -0.570. The predicted molar refractivity (Wildman–Crippen MR) is 69.9 cm³/mol. The predicted octanol–water partition coefficient (Wildman–Crippen LogP) is 2.17. The number of nitrogens with zero attached hydrogens (tertiary/aromatic N) is 1. The van der Waals surface area contributed by atoms with Gasteiger partial charge in [0, 0.05) is 30.6 Å².